The fourth-order valence-electron chi connectivity index (χ4n) is 1.14. The maximum Gasteiger partial charge on any atom is 0.417 e. The van der Waals surface area contributed by atoms with Crippen LogP contribution < -0.4 is 9.64 Å². The number of hydrogen-bond donors (Lipinski definition) is 1. The molecule has 0 aromatic carbocycles. The van der Waals surface area contributed by atoms with Gasteiger partial charge in [0.25, 0.3) is 0 Å². The highest BCUT2D eigenvalue weighted by Gasteiger charge is 2.23. The number of carbonyl (C=O) groups excluding carboxylic acids is 1. The Balaban J connectivity index is 2.97. The van der Waals surface area contributed by atoms with Crippen molar-refractivity contribution in [3.05, 3.63) is 24.9 Å². The molecule has 0 spiro atoms. The van der Waals surface area contributed by atoms with Crippen molar-refractivity contribution in [1.29, 1.82) is 0 Å². The van der Waals surface area contributed by atoms with Crippen LogP contribution in [-0.4, -0.2) is 47.4 Å². The largest absolute Gasteiger partial charge is 0.481 e. The molecule has 0 aliphatic heterocycles. The minimum atomic E-state index is -1.22. The summed E-state index contributed by atoms with van der Waals surface area (Å²) in [6.07, 6.45) is 1.83. The first-order chi connectivity index (χ1) is 9.08. The third-order valence-electron chi connectivity index (χ3n) is 1.91. The summed E-state index contributed by atoms with van der Waals surface area (Å²) in [4.78, 5) is 30.9. The molecule has 0 fully saturated rings. The van der Waals surface area contributed by atoms with Crippen molar-refractivity contribution < 1.29 is 24.2 Å². The standard InChI is InChI=1S/C11H13N3O5/c1-3-6-19-11(17)14(7-9(15)16)10-12-5-4-8(13-10)18-2/h3-5H,1,6-7H2,2H3,(H,15,16). The van der Waals surface area contributed by atoms with Crippen LogP contribution in [0.5, 0.6) is 5.88 Å². The van der Waals surface area contributed by atoms with E-state index in [2.05, 4.69) is 16.5 Å². The monoisotopic (exact) mass is 267 g/mol. The lowest BCUT2D eigenvalue weighted by Crippen LogP contribution is -2.37. The quantitative estimate of drug-likeness (QED) is 0.757. The Kier molecular flexibility index (Phi) is 5.27. The molecule has 0 aliphatic carbocycles. The fraction of sp³-hybridized carbons (Fsp3) is 0.273. The van der Waals surface area contributed by atoms with Gasteiger partial charge in [0.15, 0.2) is 0 Å². The number of methoxy groups -OCH3 is 1. The average molecular weight is 267 g/mol. The van der Waals surface area contributed by atoms with E-state index in [1.54, 1.807) is 0 Å². The molecular formula is C11H13N3O5. The van der Waals surface area contributed by atoms with E-state index in [-0.39, 0.29) is 18.4 Å². The van der Waals surface area contributed by atoms with Crippen molar-refractivity contribution in [2.75, 3.05) is 25.2 Å². The van der Waals surface area contributed by atoms with Crippen molar-refractivity contribution in [3.8, 4) is 5.88 Å². The zero-order valence-electron chi connectivity index (χ0n) is 10.3. The first kappa shape index (κ1) is 14.4. The molecular weight excluding hydrogens is 254 g/mol. The third kappa shape index (κ3) is 4.26. The maximum atomic E-state index is 11.7. The number of rotatable bonds is 6. The lowest BCUT2D eigenvalue weighted by Gasteiger charge is -2.17. The Morgan fingerprint density at radius 1 is 1.58 bits per heavy atom. The predicted octanol–water partition coefficient (Wildman–Crippen LogP) is 0.699. The highest BCUT2D eigenvalue weighted by molar-refractivity contribution is 5.91. The van der Waals surface area contributed by atoms with Gasteiger partial charge < -0.3 is 14.6 Å². The van der Waals surface area contributed by atoms with Crippen LogP contribution in [-0.2, 0) is 9.53 Å². The molecule has 8 nitrogen and oxygen atoms in total. The van der Waals surface area contributed by atoms with Gasteiger partial charge in [-0.15, -0.1) is 0 Å². The Morgan fingerprint density at radius 3 is 2.89 bits per heavy atom. The van der Waals surface area contributed by atoms with Crippen LogP contribution in [0.4, 0.5) is 10.7 Å². The summed E-state index contributed by atoms with van der Waals surface area (Å²) in [5.41, 5.74) is 0. The topological polar surface area (TPSA) is 102 Å². The summed E-state index contributed by atoms with van der Waals surface area (Å²) in [7, 11) is 1.39. The Morgan fingerprint density at radius 2 is 2.32 bits per heavy atom. The predicted molar refractivity (Wildman–Crippen MR) is 65.1 cm³/mol. The maximum absolute atomic E-state index is 11.7. The summed E-state index contributed by atoms with van der Waals surface area (Å²) < 4.78 is 9.64. The minimum absolute atomic E-state index is 0.0427. The van der Waals surface area contributed by atoms with Crippen LogP contribution in [0, 0.1) is 0 Å². The number of carboxylic acids is 1. The molecule has 1 N–H and O–H groups in total. The van der Waals surface area contributed by atoms with Crippen LogP contribution in [0.2, 0.25) is 0 Å². The van der Waals surface area contributed by atoms with Gasteiger partial charge in [-0.05, 0) is 0 Å². The second-order valence-electron chi connectivity index (χ2n) is 3.24. The zero-order valence-corrected chi connectivity index (χ0v) is 10.3. The fourth-order valence-corrected chi connectivity index (χ4v) is 1.14. The average Bonchev–Trinajstić information content (AvgIpc) is 2.42. The first-order valence-electron chi connectivity index (χ1n) is 5.22. The Hall–Kier alpha value is -2.64. The van der Waals surface area contributed by atoms with E-state index in [4.69, 9.17) is 14.6 Å². The summed E-state index contributed by atoms with van der Waals surface area (Å²) in [5, 5.41) is 8.79. The van der Waals surface area contributed by atoms with E-state index < -0.39 is 18.6 Å². The van der Waals surface area contributed by atoms with E-state index in [0.29, 0.717) is 0 Å². The van der Waals surface area contributed by atoms with Crippen molar-refractivity contribution in [1.82, 2.24) is 9.97 Å². The second kappa shape index (κ2) is 6.94. The number of amides is 1. The van der Waals surface area contributed by atoms with Gasteiger partial charge in [0.2, 0.25) is 11.8 Å². The van der Waals surface area contributed by atoms with Crippen LogP contribution in [0.15, 0.2) is 24.9 Å². The number of carboxylic acid groups (broad SMARTS) is 1. The second-order valence-corrected chi connectivity index (χ2v) is 3.24. The summed E-state index contributed by atoms with van der Waals surface area (Å²) in [5.74, 6) is -1.13. The van der Waals surface area contributed by atoms with Crippen molar-refractivity contribution in [2.45, 2.75) is 0 Å². The summed E-state index contributed by atoms with van der Waals surface area (Å²) in [6, 6.07) is 1.47. The Labute approximate surface area is 109 Å². The lowest BCUT2D eigenvalue weighted by molar-refractivity contribution is -0.135. The highest BCUT2D eigenvalue weighted by atomic mass is 16.6. The molecule has 0 bridgehead atoms. The number of ether oxygens (including phenoxy) is 2. The molecule has 0 unspecified atom stereocenters. The zero-order chi connectivity index (χ0) is 14.3. The molecule has 1 amide bonds. The lowest BCUT2D eigenvalue weighted by atomic mass is 10.5. The van der Waals surface area contributed by atoms with Gasteiger partial charge in [0.05, 0.1) is 7.11 Å². The van der Waals surface area contributed by atoms with Gasteiger partial charge in [-0.3, -0.25) is 4.79 Å². The molecule has 8 heteroatoms. The number of carbonyl (C=O) groups is 2. The van der Waals surface area contributed by atoms with Crippen LogP contribution in [0.25, 0.3) is 0 Å². The molecule has 1 aromatic heterocycles. The van der Waals surface area contributed by atoms with Gasteiger partial charge in [-0.25, -0.2) is 14.7 Å². The molecule has 0 aliphatic rings. The van der Waals surface area contributed by atoms with Crippen molar-refractivity contribution >= 4 is 18.0 Å². The van der Waals surface area contributed by atoms with Gasteiger partial charge in [-0.1, -0.05) is 12.7 Å². The molecule has 1 aromatic rings. The summed E-state index contributed by atoms with van der Waals surface area (Å²) >= 11 is 0. The Bertz CT molecular complexity index is 477. The summed E-state index contributed by atoms with van der Waals surface area (Å²) in [6.45, 7) is 2.73. The molecule has 0 atom stereocenters. The number of nitrogens with zero attached hydrogens (tertiary/aromatic N) is 3. The number of hydrogen-bond acceptors (Lipinski definition) is 6. The molecule has 0 saturated carbocycles. The number of aromatic nitrogens is 2. The van der Waals surface area contributed by atoms with E-state index in [9.17, 15) is 9.59 Å². The molecule has 1 rings (SSSR count). The van der Waals surface area contributed by atoms with E-state index in [0.717, 1.165) is 4.90 Å². The van der Waals surface area contributed by atoms with Crippen molar-refractivity contribution in [3.63, 3.8) is 0 Å². The van der Waals surface area contributed by atoms with E-state index >= 15 is 0 Å². The van der Waals surface area contributed by atoms with E-state index in [1.807, 2.05) is 0 Å². The van der Waals surface area contributed by atoms with Gasteiger partial charge in [0.1, 0.15) is 13.2 Å². The SMILES string of the molecule is C=CCOC(=O)N(CC(=O)O)c1nccc(OC)n1. The normalized spacial score (nSPS) is 9.53. The molecule has 1 heterocycles. The van der Waals surface area contributed by atoms with Crippen LogP contribution in [0.1, 0.15) is 0 Å². The van der Waals surface area contributed by atoms with Crippen LogP contribution >= 0.6 is 0 Å². The molecule has 19 heavy (non-hydrogen) atoms. The number of anilines is 1. The third-order valence-corrected chi connectivity index (χ3v) is 1.91. The van der Waals surface area contributed by atoms with Gasteiger partial charge >= 0.3 is 12.1 Å². The van der Waals surface area contributed by atoms with Crippen molar-refractivity contribution in [2.24, 2.45) is 0 Å². The minimum Gasteiger partial charge on any atom is -0.481 e. The van der Waals surface area contributed by atoms with Gasteiger partial charge in [-0.2, -0.15) is 4.98 Å². The number of aliphatic carboxylic acids is 1. The van der Waals surface area contributed by atoms with Gasteiger partial charge in [0, 0.05) is 12.3 Å². The van der Waals surface area contributed by atoms with Crippen LogP contribution in [0.3, 0.4) is 0 Å². The van der Waals surface area contributed by atoms with E-state index in [1.165, 1.54) is 25.4 Å². The highest BCUT2D eigenvalue weighted by Crippen LogP contribution is 2.13. The first-order valence-corrected chi connectivity index (χ1v) is 5.22. The molecule has 102 valence electrons. The smallest absolute Gasteiger partial charge is 0.417 e. The molecule has 0 saturated heterocycles. The molecule has 0 radical (unpaired) electrons.